The number of hydrogen-bond acceptors (Lipinski definition) is 12. The molecule has 12 nitrogen and oxygen atoms in total. The zero-order valence-electron chi connectivity index (χ0n) is 32.1. The normalized spacial score (nSPS) is 17.7. The molecule has 294 valence electrons. The molecule has 1 aliphatic carbocycles. The van der Waals surface area contributed by atoms with E-state index in [0.29, 0.717) is 63.7 Å². The Morgan fingerprint density at radius 1 is 0.982 bits per heavy atom. The summed E-state index contributed by atoms with van der Waals surface area (Å²) >= 11 is 7.15. The first-order chi connectivity index (χ1) is 27.1. The Balaban J connectivity index is 1.12. The Labute approximate surface area is 329 Å². The van der Waals surface area contributed by atoms with Crippen molar-refractivity contribution in [2.24, 2.45) is 5.92 Å². The van der Waals surface area contributed by atoms with E-state index in [1.54, 1.807) is 32.7 Å². The molecule has 4 heterocycles. The van der Waals surface area contributed by atoms with Crippen LogP contribution >= 0.6 is 11.6 Å². The van der Waals surface area contributed by atoms with Crippen molar-refractivity contribution in [1.29, 1.82) is 0 Å². The average Bonchev–Trinajstić information content (AvgIpc) is 3.19. The summed E-state index contributed by atoms with van der Waals surface area (Å²) in [6, 6.07) is 13.5. The van der Waals surface area contributed by atoms with Gasteiger partial charge < -0.3 is 19.5 Å². The second kappa shape index (κ2) is 17.1. The van der Waals surface area contributed by atoms with Gasteiger partial charge in [-0.05, 0) is 68.5 Å². The van der Waals surface area contributed by atoms with Crippen molar-refractivity contribution in [2.45, 2.75) is 64.3 Å². The van der Waals surface area contributed by atoms with E-state index >= 15 is 0 Å². The minimum absolute atomic E-state index is 0.0436. The number of rotatable bonds is 13. The lowest BCUT2D eigenvalue weighted by Crippen LogP contribution is -2.50. The lowest BCUT2D eigenvalue weighted by atomic mass is 9.85. The van der Waals surface area contributed by atoms with Gasteiger partial charge in [-0.15, -0.1) is 0 Å². The van der Waals surface area contributed by atoms with Gasteiger partial charge in [0.2, 0.25) is 5.88 Å². The quantitative estimate of drug-likeness (QED) is 0.117. The fourth-order valence-electron chi connectivity index (χ4n) is 7.62. The first-order valence-corrected chi connectivity index (χ1v) is 19.0. The molecule has 1 N–H and O–H groups in total. The summed E-state index contributed by atoms with van der Waals surface area (Å²) < 4.78 is 44.2. The molecule has 1 saturated carbocycles. The highest BCUT2D eigenvalue weighted by molar-refractivity contribution is 6.36. The number of esters is 1. The van der Waals surface area contributed by atoms with Crippen LogP contribution in [0.2, 0.25) is 5.02 Å². The van der Waals surface area contributed by atoms with E-state index in [2.05, 4.69) is 30.1 Å². The summed E-state index contributed by atoms with van der Waals surface area (Å²) in [4.78, 5) is 39.0. The number of benzene rings is 2. The zero-order valence-corrected chi connectivity index (χ0v) is 32.8. The van der Waals surface area contributed by atoms with Gasteiger partial charge >= 0.3 is 5.97 Å². The number of carbonyl (C=O) groups excluding carboxylic acids is 1. The summed E-state index contributed by atoms with van der Waals surface area (Å²) in [5.41, 5.74) is 6.56. The van der Waals surface area contributed by atoms with Gasteiger partial charge in [0.1, 0.15) is 11.2 Å². The highest BCUT2D eigenvalue weighted by Crippen LogP contribution is 2.40. The van der Waals surface area contributed by atoms with Crippen molar-refractivity contribution < 1.29 is 27.8 Å². The van der Waals surface area contributed by atoms with Crippen LogP contribution in [0.4, 0.5) is 20.3 Å². The van der Waals surface area contributed by atoms with Gasteiger partial charge in [-0.25, -0.2) is 23.7 Å². The molecule has 7 rings (SSSR count). The molecule has 2 aromatic carbocycles. The number of pyridine rings is 1. The van der Waals surface area contributed by atoms with Gasteiger partial charge in [-0.1, -0.05) is 41.9 Å². The van der Waals surface area contributed by atoms with Crippen LogP contribution in [-0.2, 0) is 27.4 Å². The summed E-state index contributed by atoms with van der Waals surface area (Å²) in [7, 11) is 6.75. The lowest BCUT2D eigenvalue weighted by molar-refractivity contribution is -0.146. The minimum Gasteiger partial charge on any atom is -0.480 e. The third-order valence-corrected chi connectivity index (χ3v) is 11.3. The molecule has 0 bridgehead atoms. The second-order valence-electron chi connectivity index (χ2n) is 14.4. The molecule has 56 heavy (non-hydrogen) atoms. The average molecular weight is 787 g/mol. The van der Waals surface area contributed by atoms with E-state index in [-0.39, 0.29) is 23.8 Å². The number of likely N-dealkylation sites (tertiary alicyclic amines) is 1. The van der Waals surface area contributed by atoms with Crippen LogP contribution in [0, 0.1) is 12.8 Å². The Hall–Kier alpha value is -4.89. The maximum absolute atomic E-state index is 14.1. The second-order valence-corrected chi connectivity index (χ2v) is 14.8. The lowest BCUT2D eigenvalue weighted by Gasteiger charge is -2.38. The summed E-state index contributed by atoms with van der Waals surface area (Å²) in [5, 5.41) is 3.74. The Kier molecular flexibility index (Phi) is 12.0. The standard InChI is InChI=1S/C41H45ClF2N8O4/c1-23-28(8-7-11-31(23)47-38-36-32(48-39(50-38)37(43)44)16-24(17-46-36)19-52-20-27(21-52)54-3)29-9-6-10-30(35(29)42)33-18-45-34(40(49-33)55-4)22-51(2)26-14-12-25(13-15-26)41(53)56-5/h6-11,16-18,25-27,37H,12-15,19-22H2,1-5H3,(H,47,48,50). The Bertz CT molecular complexity index is 2220. The molecule has 1 saturated heterocycles. The molecular formula is C41H45ClF2N8O4. The third kappa shape index (κ3) is 8.29. The van der Waals surface area contributed by atoms with Crippen LogP contribution in [0.3, 0.4) is 0 Å². The summed E-state index contributed by atoms with van der Waals surface area (Å²) in [5.74, 6) is -0.170. The van der Waals surface area contributed by atoms with Crippen molar-refractivity contribution in [3.05, 3.63) is 82.5 Å². The van der Waals surface area contributed by atoms with Crippen LogP contribution in [-0.4, -0.2) is 94.3 Å². The minimum atomic E-state index is -2.87. The summed E-state index contributed by atoms with van der Waals surface area (Å²) in [6.45, 7) is 4.67. The number of nitrogens with one attached hydrogen (secondary N) is 1. The molecule has 2 fully saturated rings. The Morgan fingerprint density at radius 2 is 1.71 bits per heavy atom. The fourth-order valence-corrected chi connectivity index (χ4v) is 7.94. The molecular weight excluding hydrogens is 742 g/mol. The molecule has 0 amide bonds. The SMILES string of the molecule is COC(=O)C1CCC(N(C)Cc2ncc(-c3cccc(-c4cccc(Nc5nc(C(F)F)nc6cc(CN7CC(OC)C7)cnc56)c4C)c3Cl)nc2OC)CC1. The number of ether oxygens (including phenoxy) is 3. The number of hydrogen-bond donors (Lipinski definition) is 1. The monoisotopic (exact) mass is 786 g/mol. The number of halogens is 3. The zero-order chi connectivity index (χ0) is 39.5. The number of alkyl halides is 2. The topological polar surface area (TPSA) is 128 Å². The van der Waals surface area contributed by atoms with Crippen LogP contribution in [0.1, 0.15) is 54.8 Å². The van der Waals surface area contributed by atoms with Crippen molar-refractivity contribution in [3.8, 4) is 28.3 Å². The van der Waals surface area contributed by atoms with E-state index < -0.39 is 12.2 Å². The van der Waals surface area contributed by atoms with Gasteiger partial charge in [-0.3, -0.25) is 24.6 Å². The van der Waals surface area contributed by atoms with E-state index in [0.717, 1.165) is 61.0 Å². The summed E-state index contributed by atoms with van der Waals surface area (Å²) in [6.07, 6.45) is 4.13. The Morgan fingerprint density at radius 3 is 2.43 bits per heavy atom. The number of fused-ring (bicyclic) bond motifs is 1. The van der Waals surface area contributed by atoms with Crippen molar-refractivity contribution in [1.82, 2.24) is 34.7 Å². The maximum Gasteiger partial charge on any atom is 0.308 e. The highest BCUT2D eigenvalue weighted by atomic mass is 35.5. The van der Waals surface area contributed by atoms with E-state index in [1.165, 1.54) is 7.11 Å². The largest absolute Gasteiger partial charge is 0.480 e. The van der Waals surface area contributed by atoms with Crippen molar-refractivity contribution >= 4 is 40.1 Å². The van der Waals surface area contributed by atoms with Gasteiger partial charge in [0.05, 0.1) is 48.7 Å². The van der Waals surface area contributed by atoms with Crippen molar-refractivity contribution in [3.63, 3.8) is 0 Å². The third-order valence-electron chi connectivity index (χ3n) is 10.9. The number of methoxy groups -OCH3 is 3. The molecule has 0 unspecified atom stereocenters. The molecule has 1 aliphatic heterocycles. The predicted octanol–water partition coefficient (Wildman–Crippen LogP) is 7.79. The molecule has 3 aromatic heterocycles. The smallest absolute Gasteiger partial charge is 0.308 e. The number of anilines is 2. The molecule has 15 heteroatoms. The van der Waals surface area contributed by atoms with Crippen LogP contribution in [0.25, 0.3) is 33.4 Å². The number of aromatic nitrogens is 5. The molecule has 0 spiro atoms. The van der Waals surface area contributed by atoms with Crippen LogP contribution in [0.15, 0.2) is 54.9 Å². The van der Waals surface area contributed by atoms with E-state index in [1.807, 2.05) is 50.4 Å². The predicted molar refractivity (Wildman–Crippen MR) is 210 cm³/mol. The molecule has 0 radical (unpaired) electrons. The van der Waals surface area contributed by atoms with Gasteiger partial charge in [0.25, 0.3) is 6.43 Å². The van der Waals surface area contributed by atoms with Crippen LogP contribution < -0.4 is 10.1 Å². The van der Waals surface area contributed by atoms with Gasteiger partial charge in [0, 0.05) is 62.3 Å². The van der Waals surface area contributed by atoms with E-state index in [4.69, 9.17) is 35.8 Å². The van der Waals surface area contributed by atoms with Crippen LogP contribution in [0.5, 0.6) is 5.88 Å². The first-order valence-electron chi connectivity index (χ1n) is 18.6. The first kappa shape index (κ1) is 39.3. The fraction of sp³-hybridized carbons (Fsp3) is 0.415. The molecule has 5 aromatic rings. The highest BCUT2D eigenvalue weighted by Gasteiger charge is 2.30. The maximum atomic E-state index is 14.1. The number of nitrogens with zero attached hydrogens (tertiary/aromatic N) is 7. The molecule has 2 aliphatic rings. The van der Waals surface area contributed by atoms with E-state index in [9.17, 15) is 13.6 Å². The van der Waals surface area contributed by atoms with Gasteiger partial charge in [-0.2, -0.15) is 0 Å². The van der Waals surface area contributed by atoms with Gasteiger partial charge in [0.15, 0.2) is 11.6 Å². The molecule has 0 atom stereocenters. The number of carbonyl (C=O) groups is 1. The van der Waals surface area contributed by atoms with Crippen molar-refractivity contribution in [2.75, 3.05) is 46.8 Å².